The van der Waals surface area contributed by atoms with E-state index in [-0.39, 0.29) is 0 Å². The second-order valence-corrected chi connectivity index (χ2v) is 6.78. The van der Waals surface area contributed by atoms with Crippen LogP contribution in [0.25, 0.3) is 0 Å². The largest absolute Gasteiger partial charge is 0.339 e. The van der Waals surface area contributed by atoms with Crippen LogP contribution in [0, 0.1) is 5.92 Å². The van der Waals surface area contributed by atoms with Gasteiger partial charge in [-0.3, -0.25) is 9.78 Å². The summed E-state index contributed by atoms with van der Waals surface area (Å²) in [5.41, 5.74) is 1.09. The molecular formula is C18H27N3O. The zero-order valence-electron chi connectivity index (χ0n) is 13.6. The SMILES string of the molecule is CN1CC[C@@H]2[C@@H](CCCN2C(=O)CCCc2ccccn2)C1. The van der Waals surface area contributed by atoms with E-state index >= 15 is 0 Å². The molecule has 4 nitrogen and oxygen atoms in total. The Morgan fingerprint density at radius 3 is 3.05 bits per heavy atom. The van der Waals surface area contributed by atoms with Gasteiger partial charge in [-0.25, -0.2) is 0 Å². The minimum atomic E-state index is 0.357. The van der Waals surface area contributed by atoms with Gasteiger partial charge in [0, 0.05) is 37.4 Å². The highest BCUT2D eigenvalue weighted by Gasteiger charge is 2.36. The van der Waals surface area contributed by atoms with E-state index in [9.17, 15) is 4.79 Å². The Kier molecular flexibility index (Phi) is 5.08. The topological polar surface area (TPSA) is 36.4 Å². The van der Waals surface area contributed by atoms with Gasteiger partial charge in [-0.15, -0.1) is 0 Å². The molecule has 3 heterocycles. The number of aryl methyl sites for hydroxylation is 1. The van der Waals surface area contributed by atoms with Gasteiger partial charge in [-0.1, -0.05) is 6.07 Å². The van der Waals surface area contributed by atoms with Crippen molar-refractivity contribution in [2.24, 2.45) is 5.92 Å². The van der Waals surface area contributed by atoms with Crippen molar-refractivity contribution < 1.29 is 4.79 Å². The molecule has 0 bridgehead atoms. The number of pyridine rings is 1. The van der Waals surface area contributed by atoms with Crippen LogP contribution >= 0.6 is 0 Å². The molecule has 120 valence electrons. The Bertz CT molecular complexity index is 490. The second-order valence-electron chi connectivity index (χ2n) is 6.78. The van der Waals surface area contributed by atoms with Crippen LogP contribution < -0.4 is 0 Å². The van der Waals surface area contributed by atoms with E-state index in [0.717, 1.165) is 44.6 Å². The number of hydrogen-bond donors (Lipinski definition) is 0. The van der Waals surface area contributed by atoms with Gasteiger partial charge in [0.2, 0.25) is 5.91 Å². The molecule has 2 saturated heterocycles. The predicted molar refractivity (Wildman–Crippen MR) is 87.5 cm³/mol. The van der Waals surface area contributed by atoms with Crippen molar-refractivity contribution in [3.8, 4) is 0 Å². The smallest absolute Gasteiger partial charge is 0.222 e. The number of hydrogen-bond acceptors (Lipinski definition) is 3. The Labute approximate surface area is 133 Å². The summed E-state index contributed by atoms with van der Waals surface area (Å²) in [5, 5.41) is 0. The lowest BCUT2D eigenvalue weighted by Gasteiger charge is -2.46. The van der Waals surface area contributed by atoms with Gasteiger partial charge in [0.25, 0.3) is 0 Å². The van der Waals surface area contributed by atoms with Crippen LogP contribution in [-0.4, -0.2) is 53.4 Å². The lowest BCUT2D eigenvalue weighted by Crippen LogP contribution is -2.55. The van der Waals surface area contributed by atoms with Gasteiger partial charge in [-0.05, 0) is 63.7 Å². The molecule has 1 aromatic heterocycles. The number of aromatic nitrogens is 1. The third-order valence-corrected chi connectivity index (χ3v) is 5.14. The first-order valence-corrected chi connectivity index (χ1v) is 8.62. The maximum atomic E-state index is 12.6. The van der Waals surface area contributed by atoms with E-state index in [1.165, 1.54) is 12.8 Å². The number of nitrogens with zero attached hydrogens (tertiary/aromatic N) is 3. The van der Waals surface area contributed by atoms with E-state index in [2.05, 4.69) is 21.8 Å². The monoisotopic (exact) mass is 301 g/mol. The summed E-state index contributed by atoms with van der Waals surface area (Å²) >= 11 is 0. The molecule has 0 radical (unpaired) electrons. The van der Waals surface area contributed by atoms with E-state index in [4.69, 9.17) is 0 Å². The molecule has 2 aliphatic heterocycles. The van der Waals surface area contributed by atoms with E-state index in [1.807, 2.05) is 24.4 Å². The predicted octanol–water partition coefficient (Wildman–Crippen LogP) is 2.35. The Morgan fingerprint density at radius 2 is 2.23 bits per heavy atom. The molecule has 0 aromatic carbocycles. The fourth-order valence-electron chi connectivity index (χ4n) is 4.01. The van der Waals surface area contributed by atoms with Crippen LogP contribution in [0.3, 0.4) is 0 Å². The van der Waals surface area contributed by atoms with Crippen molar-refractivity contribution in [2.45, 2.75) is 44.6 Å². The number of rotatable bonds is 4. The van der Waals surface area contributed by atoms with Crippen molar-refractivity contribution in [1.29, 1.82) is 0 Å². The Balaban J connectivity index is 1.51. The Morgan fingerprint density at radius 1 is 1.32 bits per heavy atom. The van der Waals surface area contributed by atoms with Crippen molar-refractivity contribution in [1.82, 2.24) is 14.8 Å². The number of carbonyl (C=O) groups is 1. The van der Waals surface area contributed by atoms with Crippen molar-refractivity contribution in [3.63, 3.8) is 0 Å². The molecule has 2 atom stereocenters. The number of fused-ring (bicyclic) bond motifs is 1. The van der Waals surface area contributed by atoms with Crippen molar-refractivity contribution in [3.05, 3.63) is 30.1 Å². The number of amides is 1. The minimum Gasteiger partial charge on any atom is -0.339 e. The van der Waals surface area contributed by atoms with Gasteiger partial charge < -0.3 is 9.80 Å². The molecule has 22 heavy (non-hydrogen) atoms. The zero-order chi connectivity index (χ0) is 15.4. The standard InChI is InChI=1S/C18H27N3O/c1-20-13-10-17-15(14-20)6-5-12-21(17)18(22)9-4-8-16-7-2-3-11-19-16/h2-3,7,11,15,17H,4-6,8-10,12-14H2,1H3/t15-,17+/m0/s1. The van der Waals surface area contributed by atoms with Gasteiger partial charge in [-0.2, -0.15) is 0 Å². The lowest BCUT2D eigenvalue weighted by molar-refractivity contribution is -0.138. The summed E-state index contributed by atoms with van der Waals surface area (Å²) in [6.45, 7) is 3.24. The van der Waals surface area contributed by atoms with Crippen LogP contribution in [0.15, 0.2) is 24.4 Å². The van der Waals surface area contributed by atoms with Gasteiger partial charge in [0.1, 0.15) is 0 Å². The summed E-state index contributed by atoms with van der Waals surface area (Å²) in [6.07, 6.45) is 7.89. The molecule has 2 aliphatic rings. The van der Waals surface area contributed by atoms with Gasteiger partial charge >= 0.3 is 0 Å². The molecule has 0 spiro atoms. The van der Waals surface area contributed by atoms with Crippen LogP contribution in [0.2, 0.25) is 0 Å². The fraction of sp³-hybridized carbons (Fsp3) is 0.667. The molecule has 3 rings (SSSR count). The molecule has 0 saturated carbocycles. The fourth-order valence-corrected chi connectivity index (χ4v) is 4.01. The third-order valence-electron chi connectivity index (χ3n) is 5.14. The first-order chi connectivity index (χ1) is 10.7. The highest BCUT2D eigenvalue weighted by Crippen LogP contribution is 2.30. The molecule has 1 aromatic rings. The third kappa shape index (κ3) is 3.67. The summed E-state index contributed by atoms with van der Waals surface area (Å²) in [5.74, 6) is 1.04. The van der Waals surface area contributed by atoms with Gasteiger partial charge in [0.05, 0.1) is 0 Å². The maximum Gasteiger partial charge on any atom is 0.222 e. The van der Waals surface area contributed by atoms with Crippen molar-refractivity contribution in [2.75, 3.05) is 26.7 Å². The molecule has 0 aliphatic carbocycles. The minimum absolute atomic E-state index is 0.357. The highest BCUT2D eigenvalue weighted by atomic mass is 16.2. The summed E-state index contributed by atoms with van der Waals surface area (Å²) < 4.78 is 0. The summed E-state index contributed by atoms with van der Waals surface area (Å²) in [4.78, 5) is 21.6. The quantitative estimate of drug-likeness (QED) is 0.856. The number of likely N-dealkylation sites (tertiary alicyclic amines) is 2. The average Bonchev–Trinajstić information content (AvgIpc) is 2.55. The molecule has 0 N–H and O–H groups in total. The number of carbonyl (C=O) groups excluding carboxylic acids is 1. The lowest BCUT2D eigenvalue weighted by atomic mass is 9.84. The first kappa shape index (κ1) is 15.5. The average molecular weight is 301 g/mol. The highest BCUT2D eigenvalue weighted by molar-refractivity contribution is 5.76. The second kappa shape index (κ2) is 7.23. The van der Waals surface area contributed by atoms with Crippen LogP contribution in [-0.2, 0) is 11.2 Å². The molecule has 1 amide bonds. The van der Waals surface area contributed by atoms with Crippen molar-refractivity contribution >= 4 is 5.91 Å². The van der Waals surface area contributed by atoms with Gasteiger partial charge in [0.15, 0.2) is 0 Å². The van der Waals surface area contributed by atoms with Crippen LogP contribution in [0.1, 0.15) is 37.8 Å². The summed E-state index contributed by atoms with van der Waals surface area (Å²) in [7, 11) is 2.20. The van der Waals surface area contributed by atoms with E-state index in [1.54, 1.807) is 0 Å². The molecule has 0 unspecified atom stereocenters. The van der Waals surface area contributed by atoms with E-state index < -0.39 is 0 Å². The maximum absolute atomic E-state index is 12.6. The van der Waals surface area contributed by atoms with Crippen LogP contribution in [0.5, 0.6) is 0 Å². The molecule has 2 fully saturated rings. The Hall–Kier alpha value is -1.42. The molecular weight excluding hydrogens is 274 g/mol. The normalized spacial score (nSPS) is 25.8. The molecule has 4 heteroatoms. The summed E-state index contributed by atoms with van der Waals surface area (Å²) in [6, 6.07) is 6.48. The first-order valence-electron chi connectivity index (χ1n) is 8.62. The van der Waals surface area contributed by atoms with Crippen LogP contribution in [0.4, 0.5) is 0 Å². The van der Waals surface area contributed by atoms with E-state index in [0.29, 0.717) is 24.3 Å². The zero-order valence-corrected chi connectivity index (χ0v) is 13.6. The number of piperidine rings is 2.